The first kappa shape index (κ1) is 11.3. The van der Waals surface area contributed by atoms with Crippen LogP contribution in [0.1, 0.15) is 25.7 Å². The lowest BCUT2D eigenvalue weighted by molar-refractivity contribution is 0.0226. The molecule has 78 valence electrons. The topological polar surface area (TPSA) is 29.5 Å². The standard InChI is InChI=1S/C12H18O2/c1-2-11-7-3-4-8-12(11)14-10-6-5-9-13/h2,11-13H,1,3-4,7-10H2/t11-,12-/m0/s1. The molecule has 0 aliphatic heterocycles. The second-order valence-electron chi connectivity index (χ2n) is 3.55. The summed E-state index contributed by atoms with van der Waals surface area (Å²) in [4.78, 5) is 0. The van der Waals surface area contributed by atoms with Crippen LogP contribution in [0.3, 0.4) is 0 Å². The van der Waals surface area contributed by atoms with Gasteiger partial charge in [-0.2, -0.15) is 0 Å². The molecule has 0 amide bonds. The predicted molar refractivity (Wildman–Crippen MR) is 56.8 cm³/mol. The molecule has 1 aliphatic rings. The fourth-order valence-electron chi connectivity index (χ4n) is 1.86. The Morgan fingerprint density at radius 2 is 2.14 bits per heavy atom. The zero-order chi connectivity index (χ0) is 10.2. The molecule has 0 aromatic heterocycles. The first-order valence-corrected chi connectivity index (χ1v) is 5.19. The summed E-state index contributed by atoms with van der Waals surface area (Å²) in [5.41, 5.74) is 0. The van der Waals surface area contributed by atoms with E-state index in [1.165, 1.54) is 19.3 Å². The van der Waals surface area contributed by atoms with E-state index in [4.69, 9.17) is 9.84 Å². The Morgan fingerprint density at radius 1 is 1.36 bits per heavy atom. The molecule has 0 saturated heterocycles. The summed E-state index contributed by atoms with van der Waals surface area (Å²) in [6, 6.07) is 0. The number of hydrogen-bond acceptors (Lipinski definition) is 2. The smallest absolute Gasteiger partial charge is 0.108 e. The minimum Gasteiger partial charge on any atom is -0.384 e. The largest absolute Gasteiger partial charge is 0.384 e. The van der Waals surface area contributed by atoms with Crippen LogP contribution in [-0.2, 0) is 4.74 Å². The average molecular weight is 194 g/mol. The molecule has 1 N–H and O–H groups in total. The van der Waals surface area contributed by atoms with Crippen molar-refractivity contribution in [3.8, 4) is 11.8 Å². The lowest BCUT2D eigenvalue weighted by atomic mass is 9.86. The highest BCUT2D eigenvalue weighted by Crippen LogP contribution is 2.27. The summed E-state index contributed by atoms with van der Waals surface area (Å²) in [7, 11) is 0. The third kappa shape index (κ3) is 3.53. The van der Waals surface area contributed by atoms with Gasteiger partial charge in [0.25, 0.3) is 0 Å². The Labute approximate surface area is 86.0 Å². The van der Waals surface area contributed by atoms with Gasteiger partial charge >= 0.3 is 0 Å². The van der Waals surface area contributed by atoms with Gasteiger partial charge in [-0.15, -0.1) is 6.58 Å². The molecule has 0 aromatic rings. The van der Waals surface area contributed by atoms with Crippen molar-refractivity contribution >= 4 is 0 Å². The number of rotatable bonds is 3. The molecule has 14 heavy (non-hydrogen) atoms. The van der Waals surface area contributed by atoms with Gasteiger partial charge in [0.2, 0.25) is 0 Å². The molecule has 0 aromatic carbocycles. The van der Waals surface area contributed by atoms with Gasteiger partial charge in [0.1, 0.15) is 13.2 Å². The van der Waals surface area contributed by atoms with Crippen LogP contribution in [0.5, 0.6) is 0 Å². The summed E-state index contributed by atoms with van der Waals surface area (Å²) in [5.74, 6) is 5.83. The van der Waals surface area contributed by atoms with E-state index < -0.39 is 0 Å². The maximum absolute atomic E-state index is 8.46. The Bertz CT molecular complexity index is 224. The SMILES string of the molecule is C=C[C@H]1CCCC[C@@H]1OCC#CCO. The summed E-state index contributed by atoms with van der Waals surface area (Å²) >= 11 is 0. The molecule has 1 aliphatic carbocycles. The van der Waals surface area contributed by atoms with Crippen molar-refractivity contribution in [2.24, 2.45) is 5.92 Å². The molecule has 1 rings (SSSR count). The molecular weight excluding hydrogens is 176 g/mol. The molecular formula is C12H18O2. The van der Waals surface area contributed by atoms with Crippen LogP contribution >= 0.6 is 0 Å². The third-order valence-corrected chi connectivity index (χ3v) is 2.63. The summed E-state index contributed by atoms with van der Waals surface area (Å²) in [5, 5.41) is 8.46. The monoisotopic (exact) mass is 194 g/mol. The lowest BCUT2D eigenvalue weighted by Gasteiger charge is -2.28. The Hall–Kier alpha value is -0.780. The van der Waals surface area contributed by atoms with E-state index in [2.05, 4.69) is 18.4 Å². The molecule has 0 bridgehead atoms. The van der Waals surface area contributed by atoms with Crippen LogP contribution < -0.4 is 0 Å². The average Bonchev–Trinajstić information content (AvgIpc) is 2.25. The second kappa shape index (κ2) is 6.64. The maximum atomic E-state index is 8.46. The molecule has 0 radical (unpaired) electrons. The van der Waals surface area contributed by atoms with Crippen molar-refractivity contribution in [2.75, 3.05) is 13.2 Å². The summed E-state index contributed by atoms with van der Waals surface area (Å²) < 4.78 is 5.63. The predicted octanol–water partition coefficient (Wildman–Crippen LogP) is 1.74. The van der Waals surface area contributed by atoms with Crippen molar-refractivity contribution in [2.45, 2.75) is 31.8 Å². The highest BCUT2D eigenvalue weighted by molar-refractivity contribution is 4.99. The zero-order valence-corrected chi connectivity index (χ0v) is 8.54. The zero-order valence-electron chi connectivity index (χ0n) is 8.54. The van der Waals surface area contributed by atoms with E-state index in [0.29, 0.717) is 12.5 Å². The molecule has 2 nitrogen and oxygen atoms in total. The fourth-order valence-corrected chi connectivity index (χ4v) is 1.86. The first-order valence-electron chi connectivity index (χ1n) is 5.19. The second-order valence-corrected chi connectivity index (χ2v) is 3.55. The number of aliphatic hydroxyl groups excluding tert-OH is 1. The number of ether oxygens (including phenoxy) is 1. The Morgan fingerprint density at radius 3 is 2.86 bits per heavy atom. The number of hydrogen-bond donors (Lipinski definition) is 1. The van der Waals surface area contributed by atoms with Gasteiger partial charge in [0.15, 0.2) is 0 Å². The normalized spacial score (nSPS) is 26.4. The van der Waals surface area contributed by atoms with Crippen molar-refractivity contribution in [1.82, 2.24) is 0 Å². The molecule has 2 heteroatoms. The Kier molecular flexibility index (Phi) is 5.36. The minimum absolute atomic E-state index is 0.0844. The van der Waals surface area contributed by atoms with Crippen LogP contribution in [0.25, 0.3) is 0 Å². The van der Waals surface area contributed by atoms with Crippen molar-refractivity contribution in [3.63, 3.8) is 0 Å². The molecule has 1 fully saturated rings. The molecule has 0 spiro atoms. The quantitative estimate of drug-likeness (QED) is 0.548. The van der Waals surface area contributed by atoms with E-state index in [1.807, 2.05) is 6.08 Å². The van der Waals surface area contributed by atoms with Gasteiger partial charge in [-0.05, 0) is 12.8 Å². The van der Waals surface area contributed by atoms with E-state index in [1.54, 1.807) is 0 Å². The van der Waals surface area contributed by atoms with Crippen molar-refractivity contribution in [1.29, 1.82) is 0 Å². The highest BCUT2D eigenvalue weighted by atomic mass is 16.5. The van der Waals surface area contributed by atoms with Crippen LogP contribution in [0.4, 0.5) is 0 Å². The van der Waals surface area contributed by atoms with Gasteiger partial charge in [-0.1, -0.05) is 30.8 Å². The van der Waals surface area contributed by atoms with Crippen molar-refractivity contribution < 1.29 is 9.84 Å². The molecule has 0 heterocycles. The molecule has 0 unspecified atom stereocenters. The van der Waals surface area contributed by atoms with E-state index >= 15 is 0 Å². The first-order chi connectivity index (χ1) is 6.88. The lowest BCUT2D eigenvalue weighted by Crippen LogP contribution is -2.26. The Balaban J connectivity index is 2.29. The van der Waals surface area contributed by atoms with Gasteiger partial charge in [0.05, 0.1) is 6.10 Å². The summed E-state index contributed by atoms with van der Waals surface area (Å²) in [6.45, 7) is 4.16. The van der Waals surface area contributed by atoms with Crippen LogP contribution in [0, 0.1) is 17.8 Å². The van der Waals surface area contributed by atoms with Gasteiger partial charge in [-0.3, -0.25) is 0 Å². The van der Waals surface area contributed by atoms with Gasteiger partial charge < -0.3 is 9.84 Å². The van der Waals surface area contributed by atoms with Crippen LogP contribution in [0.2, 0.25) is 0 Å². The van der Waals surface area contributed by atoms with E-state index in [9.17, 15) is 0 Å². The molecule has 2 atom stereocenters. The molecule has 1 saturated carbocycles. The van der Waals surface area contributed by atoms with Gasteiger partial charge in [-0.25, -0.2) is 0 Å². The van der Waals surface area contributed by atoms with Crippen LogP contribution in [0.15, 0.2) is 12.7 Å². The number of aliphatic hydroxyl groups is 1. The van der Waals surface area contributed by atoms with Crippen molar-refractivity contribution in [3.05, 3.63) is 12.7 Å². The van der Waals surface area contributed by atoms with Crippen LogP contribution in [-0.4, -0.2) is 24.4 Å². The van der Waals surface area contributed by atoms with E-state index in [-0.39, 0.29) is 12.7 Å². The van der Waals surface area contributed by atoms with E-state index in [0.717, 1.165) is 6.42 Å². The fraction of sp³-hybridized carbons (Fsp3) is 0.667. The minimum atomic E-state index is -0.0844. The highest BCUT2D eigenvalue weighted by Gasteiger charge is 2.22. The summed E-state index contributed by atoms with van der Waals surface area (Å²) in [6.07, 6.45) is 7.08. The van der Waals surface area contributed by atoms with Gasteiger partial charge in [0, 0.05) is 5.92 Å². The third-order valence-electron chi connectivity index (χ3n) is 2.63. The maximum Gasteiger partial charge on any atom is 0.108 e.